The van der Waals surface area contributed by atoms with Gasteiger partial charge >= 0.3 is 0 Å². The number of halogens is 1. The van der Waals surface area contributed by atoms with E-state index < -0.39 is 5.54 Å². The van der Waals surface area contributed by atoms with Crippen molar-refractivity contribution in [3.05, 3.63) is 41.7 Å². The number of ether oxygens (including phenoxy) is 1. The van der Waals surface area contributed by atoms with Gasteiger partial charge in [0.25, 0.3) is 5.91 Å². The van der Waals surface area contributed by atoms with Gasteiger partial charge in [0.1, 0.15) is 11.4 Å². The summed E-state index contributed by atoms with van der Waals surface area (Å²) >= 11 is 0. The molecule has 0 aliphatic rings. The Morgan fingerprint density at radius 2 is 2.08 bits per heavy atom. The standard InChI is InChI=1S/C18H26N4O2.ClH/c1-12(2)18(4,11-19)20-17(23)14-8-9-22(21-14)15-10-13(3)6-7-16(15)24-5;/h6-10,12H,11,19H2,1-5H3,(H,20,23);1H. The van der Waals surface area contributed by atoms with Crippen LogP contribution in [-0.2, 0) is 0 Å². The van der Waals surface area contributed by atoms with Crippen molar-refractivity contribution in [1.29, 1.82) is 0 Å². The molecule has 1 amide bonds. The molecule has 0 saturated heterocycles. The van der Waals surface area contributed by atoms with Crippen molar-refractivity contribution in [1.82, 2.24) is 15.1 Å². The Balaban J connectivity index is 0.00000312. The van der Waals surface area contributed by atoms with E-state index in [1.54, 1.807) is 24.1 Å². The van der Waals surface area contributed by atoms with Crippen molar-refractivity contribution < 1.29 is 9.53 Å². The van der Waals surface area contributed by atoms with Crippen LogP contribution in [0.2, 0.25) is 0 Å². The molecule has 6 nitrogen and oxygen atoms in total. The zero-order valence-corrected chi connectivity index (χ0v) is 16.2. The molecule has 0 saturated carbocycles. The van der Waals surface area contributed by atoms with Crippen molar-refractivity contribution in [3.8, 4) is 11.4 Å². The summed E-state index contributed by atoms with van der Waals surface area (Å²) < 4.78 is 7.02. The summed E-state index contributed by atoms with van der Waals surface area (Å²) in [6, 6.07) is 7.51. The summed E-state index contributed by atoms with van der Waals surface area (Å²) in [5.74, 6) is 0.678. The van der Waals surface area contributed by atoms with Crippen LogP contribution in [-0.4, -0.2) is 34.9 Å². The Bertz CT molecular complexity index is 730. The molecule has 2 rings (SSSR count). The number of benzene rings is 1. The van der Waals surface area contributed by atoms with Crippen LogP contribution in [0.1, 0.15) is 36.8 Å². The summed E-state index contributed by atoms with van der Waals surface area (Å²) in [5.41, 5.74) is 7.58. The number of aryl methyl sites for hydroxylation is 1. The Kier molecular flexibility index (Phi) is 7.02. The van der Waals surface area contributed by atoms with Gasteiger partial charge in [-0.05, 0) is 43.5 Å². The van der Waals surface area contributed by atoms with Crippen molar-refractivity contribution >= 4 is 18.3 Å². The highest BCUT2D eigenvalue weighted by Crippen LogP contribution is 2.23. The summed E-state index contributed by atoms with van der Waals surface area (Å²) in [6.07, 6.45) is 1.75. The van der Waals surface area contributed by atoms with E-state index in [0.29, 0.717) is 18.0 Å². The van der Waals surface area contributed by atoms with Crippen LogP contribution < -0.4 is 15.8 Å². The second-order valence-corrected chi connectivity index (χ2v) is 6.55. The number of rotatable bonds is 6. The average Bonchev–Trinajstić information content (AvgIpc) is 3.04. The van der Waals surface area contributed by atoms with Crippen LogP contribution in [0.25, 0.3) is 5.69 Å². The van der Waals surface area contributed by atoms with Gasteiger partial charge in [-0.3, -0.25) is 4.79 Å². The van der Waals surface area contributed by atoms with E-state index in [-0.39, 0.29) is 24.2 Å². The summed E-state index contributed by atoms with van der Waals surface area (Å²) in [7, 11) is 1.61. The Morgan fingerprint density at radius 3 is 2.64 bits per heavy atom. The molecular formula is C18H27ClN4O2. The highest BCUT2D eigenvalue weighted by molar-refractivity contribution is 5.92. The summed E-state index contributed by atoms with van der Waals surface area (Å²) in [4.78, 5) is 12.5. The number of nitrogens with two attached hydrogens (primary N) is 1. The smallest absolute Gasteiger partial charge is 0.272 e. The fraction of sp³-hybridized carbons (Fsp3) is 0.444. The van der Waals surface area contributed by atoms with Crippen molar-refractivity contribution in [3.63, 3.8) is 0 Å². The molecule has 1 aromatic heterocycles. The molecule has 3 N–H and O–H groups in total. The number of methoxy groups -OCH3 is 1. The Labute approximate surface area is 155 Å². The third kappa shape index (κ3) is 4.52. The van der Waals surface area contributed by atoms with Crippen LogP contribution in [0.3, 0.4) is 0 Å². The van der Waals surface area contributed by atoms with E-state index in [4.69, 9.17) is 10.5 Å². The zero-order chi connectivity index (χ0) is 17.9. The number of hydrogen-bond acceptors (Lipinski definition) is 4. The molecule has 0 fully saturated rings. The molecular weight excluding hydrogens is 340 g/mol. The lowest BCUT2D eigenvalue weighted by Gasteiger charge is -2.33. The van der Waals surface area contributed by atoms with Gasteiger partial charge in [-0.25, -0.2) is 4.68 Å². The molecule has 1 aromatic carbocycles. The predicted molar refractivity (Wildman–Crippen MR) is 102 cm³/mol. The second kappa shape index (κ2) is 8.36. The zero-order valence-electron chi connectivity index (χ0n) is 15.4. The van der Waals surface area contributed by atoms with Crippen LogP contribution in [0.5, 0.6) is 5.75 Å². The minimum atomic E-state index is -0.470. The summed E-state index contributed by atoms with van der Waals surface area (Å²) in [6.45, 7) is 8.36. The normalized spacial score (nSPS) is 13.1. The molecule has 0 spiro atoms. The van der Waals surface area contributed by atoms with E-state index in [9.17, 15) is 4.79 Å². The van der Waals surface area contributed by atoms with Gasteiger partial charge in [0.15, 0.2) is 5.69 Å². The van der Waals surface area contributed by atoms with Crippen molar-refractivity contribution in [2.75, 3.05) is 13.7 Å². The summed E-state index contributed by atoms with van der Waals surface area (Å²) in [5, 5.41) is 7.38. The van der Waals surface area contributed by atoms with Crippen LogP contribution in [0.4, 0.5) is 0 Å². The van der Waals surface area contributed by atoms with Gasteiger partial charge in [0, 0.05) is 12.7 Å². The van der Waals surface area contributed by atoms with E-state index >= 15 is 0 Å². The molecule has 1 heterocycles. The third-order valence-corrected chi connectivity index (χ3v) is 4.50. The first kappa shape index (κ1) is 21.0. The number of carbonyl (C=O) groups excluding carboxylic acids is 1. The Morgan fingerprint density at radius 1 is 1.40 bits per heavy atom. The van der Waals surface area contributed by atoms with Gasteiger partial charge in [-0.15, -0.1) is 12.4 Å². The first-order valence-electron chi connectivity index (χ1n) is 8.04. The lowest BCUT2D eigenvalue weighted by molar-refractivity contribution is 0.0877. The number of nitrogens with zero attached hydrogens (tertiary/aromatic N) is 2. The fourth-order valence-electron chi connectivity index (χ4n) is 2.31. The quantitative estimate of drug-likeness (QED) is 0.823. The minimum Gasteiger partial charge on any atom is -0.494 e. The second-order valence-electron chi connectivity index (χ2n) is 6.55. The lowest BCUT2D eigenvalue weighted by atomic mass is 9.88. The number of nitrogens with one attached hydrogen (secondary N) is 1. The maximum Gasteiger partial charge on any atom is 0.272 e. The highest BCUT2D eigenvalue weighted by atomic mass is 35.5. The maximum atomic E-state index is 12.5. The monoisotopic (exact) mass is 366 g/mol. The van der Waals surface area contributed by atoms with E-state index in [1.165, 1.54) is 0 Å². The van der Waals surface area contributed by atoms with E-state index in [0.717, 1.165) is 11.3 Å². The van der Waals surface area contributed by atoms with Crippen LogP contribution >= 0.6 is 12.4 Å². The van der Waals surface area contributed by atoms with E-state index in [2.05, 4.69) is 10.4 Å². The third-order valence-electron chi connectivity index (χ3n) is 4.50. The number of amides is 1. The number of carbonyl (C=O) groups is 1. The average molecular weight is 367 g/mol. The minimum absolute atomic E-state index is 0. The number of aromatic nitrogens is 2. The molecule has 0 radical (unpaired) electrons. The molecule has 7 heteroatoms. The molecule has 0 bridgehead atoms. The number of hydrogen-bond donors (Lipinski definition) is 2. The van der Waals surface area contributed by atoms with Crippen LogP contribution in [0.15, 0.2) is 30.5 Å². The highest BCUT2D eigenvalue weighted by Gasteiger charge is 2.29. The first-order chi connectivity index (χ1) is 11.3. The van der Waals surface area contributed by atoms with Gasteiger partial charge in [-0.1, -0.05) is 19.9 Å². The predicted octanol–water partition coefficient (Wildman–Crippen LogP) is 2.71. The molecule has 25 heavy (non-hydrogen) atoms. The molecule has 1 atom stereocenters. The van der Waals surface area contributed by atoms with Crippen LogP contribution in [0, 0.1) is 12.8 Å². The first-order valence-corrected chi connectivity index (χ1v) is 8.04. The van der Waals surface area contributed by atoms with E-state index in [1.807, 2.05) is 45.9 Å². The molecule has 138 valence electrons. The SMILES string of the molecule is COc1ccc(C)cc1-n1ccc(C(=O)NC(C)(CN)C(C)C)n1.Cl. The molecule has 1 unspecified atom stereocenters. The Hall–Kier alpha value is -2.05. The largest absolute Gasteiger partial charge is 0.494 e. The van der Waals surface area contributed by atoms with Gasteiger partial charge in [0.2, 0.25) is 0 Å². The topological polar surface area (TPSA) is 82.2 Å². The molecule has 2 aromatic rings. The van der Waals surface area contributed by atoms with Crippen molar-refractivity contribution in [2.45, 2.75) is 33.2 Å². The van der Waals surface area contributed by atoms with Gasteiger partial charge in [-0.2, -0.15) is 5.10 Å². The fourth-order valence-corrected chi connectivity index (χ4v) is 2.31. The molecule has 0 aliphatic heterocycles. The van der Waals surface area contributed by atoms with Gasteiger partial charge < -0.3 is 15.8 Å². The molecule has 0 aliphatic carbocycles. The van der Waals surface area contributed by atoms with Crippen molar-refractivity contribution in [2.24, 2.45) is 11.7 Å². The van der Waals surface area contributed by atoms with Gasteiger partial charge in [0.05, 0.1) is 12.6 Å². The maximum absolute atomic E-state index is 12.5. The lowest BCUT2D eigenvalue weighted by Crippen LogP contribution is -2.55.